The molecule has 0 radical (unpaired) electrons. The zero-order chi connectivity index (χ0) is 17.3. The summed E-state index contributed by atoms with van der Waals surface area (Å²) in [6.45, 7) is 3.98. The van der Waals surface area contributed by atoms with Crippen LogP contribution in [0.5, 0.6) is 11.6 Å². The third kappa shape index (κ3) is 3.45. The second-order valence-corrected chi connectivity index (χ2v) is 6.38. The molecule has 2 heterocycles. The third-order valence-electron chi connectivity index (χ3n) is 3.20. The van der Waals surface area contributed by atoms with Gasteiger partial charge in [0.1, 0.15) is 0 Å². The lowest BCUT2D eigenvalue weighted by molar-refractivity contribution is 0.418. The maximum atomic E-state index is 6.27. The lowest BCUT2D eigenvalue weighted by Gasteiger charge is -2.12. The van der Waals surface area contributed by atoms with Gasteiger partial charge in [0.15, 0.2) is 10.9 Å². The number of rotatable bonds is 4. The molecule has 24 heavy (non-hydrogen) atoms. The Morgan fingerprint density at radius 1 is 1.04 bits per heavy atom. The molecule has 0 amide bonds. The van der Waals surface area contributed by atoms with E-state index in [1.54, 1.807) is 18.2 Å². The van der Waals surface area contributed by atoms with Crippen molar-refractivity contribution in [2.24, 2.45) is 0 Å². The first-order valence-electron chi connectivity index (χ1n) is 6.92. The van der Waals surface area contributed by atoms with Crippen LogP contribution in [-0.2, 0) is 0 Å². The molecule has 3 rings (SSSR count). The zero-order valence-corrected chi connectivity index (χ0v) is 14.9. The monoisotopic (exact) mass is 384 g/mol. The lowest BCUT2D eigenvalue weighted by Crippen LogP contribution is -1.98. The van der Waals surface area contributed by atoms with Crippen molar-refractivity contribution < 1.29 is 9.26 Å². The highest BCUT2D eigenvalue weighted by Gasteiger charge is 2.16. The van der Waals surface area contributed by atoms with Crippen LogP contribution in [0.25, 0.3) is 11.4 Å². The first-order chi connectivity index (χ1) is 11.5. The van der Waals surface area contributed by atoms with Gasteiger partial charge in [-0.05, 0) is 23.6 Å². The first kappa shape index (κ1) is 17.0. The maximum absolute atomic E-state index is 6.27. The van der Waals surface area contributed by atoms with E-state index in [9.17, 15) is 0 Å². The fraction of sp³-hybridized carbons (Fsp3) is 0.200. The fourth-order valence-corrected chi connectivity index (χ4v) is 2.89. The summed E-state index contributed by atoms with van der Waals surface area (Å²) in [5, 5.41) is 12.4. The predicted octanol–water partition coefficient (Wildman–Crippen LogP) is 5.40. The normalized spacial score (nSPS) is 11.1. The maximum Gasteiger partial charge on any atom is 0.239 e. The van der Waals surface area contributed by atoms with Gasteiger partial charge in [0.25, 0.3) is 0 Å². The van der Waals surface area contributed by atoms with Crippen molar-refractivity contribution in [3.8, 4) is 23.0 Å². The number of hydrogen-bond donors (Lipinski definition) is 0. The Bertz CT molecular complexity index is 846. The number of halogens is 3. The Kier molecular flexibility index (Phi) is 4.89. The van der Waals surface area contributed by atoms with Gasteiger partial charge < -0.3 is 9.26 Å². The summed E-state index contributed by atoms with van der Waals surface area (Å²) < 4.78 is 10.4. The highest BCUT2D eigenvalue weighted by Crippen LogP contribution is 2.39. The van der Waals surface area contributed by atoms with Crippen LogP contribution >= 0.6 is 34.8 Å². The molecular formula is C15H11Cl3N4O2. The van der Waals surface area contributed by atoms with Crippen LogP contribution in [0.2, 0.25) is 15.2 Å². The van der Waals surface area contributed by atoms with Crippen LogP contribution < -0.4 is 4.74 Å². The smallest absolute Gasteiger partial charge is 0.239 e. The van der Waals surface area contributed by atoms with Gasteiger partial charge in [0, 0.05) is 11.6 Å². The van der Waals surface area contributed by atoms with Crippen LogP contribution in [0.15, 0.2) is 29.1 Å². The summed E-state index contributed by atoms with van der Waals surface area (Å²) in [7, 11) is 0. The Balaban J connectivity index is 1.95. The van der Waals surface area contributed by atoms with E-state index in [0.717, 1.165) is 5.56 Å². The van der Waals surface area contributed by atoms with E-state index < -0.39 is 0 Å². The minimum atomic E-state index is 0.168. The van der Waals surface area contributed by atoms with Crippen molar-refractivity contribution in [1.82, 2.24) is 20.3 Å². The second kappa shape index (κ2) is 6.93. The molecule has 6 nitrogen and oxygen atoms in total. The Morgan fingerprint density at radius 2 is 1.75 bits per heavy atom. The average molecular weight is 386 g/mol. The van der Waals surface area contributed by atoms with Gasteiger partial charge in [-0.15, -0.1) is 10.2 Å². The number of ether oxygens (including phenoxy) is 1. The summed E-state index contributed by atoms with van der Waals surface area (Å²) >= 11 is 18.6. The molecule has 0 spiro atoms. The summed E-state index contributed by atoms with van der Waals surface area (Å²) in [4.78, 5) is 3.95. The van der Waals surface area contributed by atoms with Gasteiger partial charge in [-0.3, -0.25) is 0 Å². The predicted molar refractivity (Wildman–Crippen MR) is 91.0 cm³/mol. The fourth-order valence-electron chi connectivity index (χ4n) is 2.02. The van der Waals surface area contributed by atoms with E-state index in [1.807, 2.05) is 13.8 Å². The SMILES string of the molecule is CC(C)c1cc(Oc2c(Cl)cc(-c3ncon3)cc2Cl)nnc1Cl. The third-order valence-corrected chi connectivity index (χ3v) is 4.06. The van der Waals surface area contributed by atoms with Gasteiger partial charge in [0.05, 0.1) is 10.0 Å². The van der Waals surface area contributed by atoms with Crippen molar-refractivity contribution >= 4 is 34.8 Å². The Morgan fingerprint density at radius 3 is 2.33 bits per heavy atom. The van der Waals surface area contributed by atoms with Gasteiger partial charge in [0.2, 0.25) is 18.1 Å². The Labute approximate surface area is 152 Å². The summed E-state index contributed by atoms with van der Waals surface area (Å²) in [6, 6.07) is 4.96. The van der Waals surface area contributed by atoms with Crippen molar-refractivity contribution in [3.63, 3.8) is 0 Å². The van der Waals surface area contributed by atoms with Gasteiger partial charge >= 0.3 is 0 Å². The molecule has 0 aliphatic carbocycles. The van der Waals surface area contributed by atoms with Crippen molar-refractivity contribution in [2.75, 3.05) is 0 Å². The number of nitrogens with zero attached hydrogens (tertiary/aromatic N) is 4. The molecule has 0 unspecified atom stereocenters. The van der Waals surface area contributed by atoms with E-state index in [2.05, 4.69) is 20.3 Å². The zero-order valence-electron chi connectivity index (χ0n) is 12.6. The molecule has 0 N–H and O–H groups in total. The standard InChI is InChI=1S/C15H11Cl3N4O2/c1-7(2)9-5-12(20-21-14(9)18)24-13-10(16)3-8(4-11(13)17)15-19-6-23-22-15/h3-7H,1-2H3. The molecule has 0 saturated heterocycles. The van der Waals surface area contributed by atoms with Crippen LogP contribution in [0, 0.1) is 0 Å². The minimum absolute atomic E-state index is 0.168. The molecule has 0 aliphatic rings. The van der Waals surface area contributed by atoms with Gasteiger partial charge in [-0.1, -0.05) is 53.8 Å². The van der Waals surface area contributed by atoms with Crippen molar-refractivity contribution in [2.45, 2.75) is 19.8 Å². The topological polar surface area (TPSA) is 73.9 Å². The average Bonchev–Trinajstić information content (AvgIpc) is 3.06. The minimum Gasteiger partial charge on any atom is -0.434 e. The van der Waals surface area contributed by atoms with Crippen LogP contribution in [0.3, 0.4) is 0 Å². The molecule has 0 atom stereocenters. The summed E-state index contributed by atoms with van der Waals surface area (Å²) in [5.41, 5.74) is 1.42. The van der Waals surface area contributed by atoms with E-state index in [0.29, 0.717) is 16.5 Å². The van der Waals surface area contributed by atoms with E-state index >= 15 is 0 Å². The summed E-state index contributed by atoms with van der Waals surface area (Å²) in [5.74, 6) is 1.05. The number of benzene rings is 1. The molecule has 124 valence electrons. The summed E-state index contributed by atoms with van der Waals surface area (Å²) in [6.07, 6.45) is 1.22. The molecule has 0 bridgehead atoms. The van der Waals surface area contributed by atoms with Crippen LogP contribution in [0.4, 0.5) is 0 Å². The molecule has 3 aromatic rings. The highest BCUT2D eigenvalue weighted by atomic mass is 35.5. The first-order valence-corrected chi connectivity index (χ1v) is 8.06. The largest absolute Gasteiger partial charge is 0.434 e. The lowest BCUT2D eigenvalue weighted by atomic mass is 10.1. The Hall–Kier alpha value is -1.89. The van der Waals surface area contributed by atoms with E-state index in [1.165, 1.54) is 6.39 Å². The molecule has 0 fully saturated rings. The van der Waals surface area contributed by atoms with Gasteiger partial charge in [-0.25, -0.2) is 0 Å². The van der Waals surface area contributed by atoms with Crippen molar-refractivity contribution in [1.29, 1.82) is 0 Å². The van der Waals surface area contributed by atoms with E-state index in [-0.39, 0.29) is 27.6 Å². The van der Waals surface area contributed by atoms with Crippen LogP contribution in [-0.4, -0.2) is 20.3 Å². The number of hydrogen-bond acceptors (Lipinski definition) is 6. The van der Waals surface area contributed by atoms with Gasteiger partial charge in [-0.2, -0.15) is 4.98 Å². The van der Waals surface area contributed by atoms with Crippen LogP contribution in [0.1, 0.15) is 25.3 Å². The molecule has 0 aliphatic heterocycles. The molecule has 1 aromatic carbocycles. The molecule has 9 heteroatoms. The highest BCUT2D eigenvalue weighted by molar-refractivity contribution is 6.37. The molecule has 0 saturated carbocycles. The molecule has 2 aromatic heterocycles. The second-order valence-electron chi connectivity index (χ2n) is 5.21. The van der Waals surface area contributed by atoms with E-state index in [4.69, 9.17) is 44.1 Å². The number of aromatic nitrogens is 4. The molecular weight excluding hydrogens is 375 g/mol. The van der Waals surface area contributed by atoms with Crippen molar-refractivity contribution in [3.05, 3.63) is 45.4 Å². The quantitative estimate of drug-likeness (QED) is 0.598.